The lowest BCUT2D eigenvalue weighted by atomic mass is 9.89. The normalized spacial score (nSPS) is 20.7. The van der Waals surface area contributed by atoms with Gasteiger partial charge in [0, 0.05) is 42.2 Å². The maximum absolute atomic E-state index is 13.6. The monoisotopic (exact) mass is 554 g/mol. The van der Waals surface area contributed by atoms with Crippen LogP contribution in [-0.4, -0.2) is 64.5 Å². The highest BCUT2D eigenvalue weighted by molar-refractivity contribution is 6.01. The van der Waals surface area contributed by atoms with Gasteiger partial charge < -0.3 is 25.1 Å². The van der Waals surface area contributed by atoms with Gasteiger partial charge in [-0.15, -0.1) is 0 Å². The number of fused-ring (bicyclic) bond motifs is 2. The number of carbonyl (C=O) groups is 3. The highest BCUT2D eigenvalue weighted by Crippen LogP contribution is 2.25. The Balaban J connectivity index is 1.90. The summed E-state index contributed by atoms with van der Waals surface area (Å²) in [5.41, 5.74) is 1.21. The van der Waals surface area contributed by atoms with Crippen molar-refractivity contribution in [3.8, 4) is 11.5 Å². The van der Waals surface area contributed by atoms with Gasteiger partial charge >= 0.3 is 0 Å². The number of hydrogen-bond donors (Lipinski definition) is 3. The van der Waals surface area contributed by atoms with Gasteiger partial charge in [0.15, 0.2) is 0 Å². The molecule has 1 aromatic heterocycles. The lowest BCUT2D eigenvalue weighted by molar-refractivity contribution is -0.125. The van der Waals surface area contributed by atoms with Gasteiger partial charge in [0.2, 0.25) is 11.8 Å². The first kappa shape index (κ1) is 31.3. The number of hydrogen-bond acceptors (Lipinski definition) is 6. The summed E-state index contributed by atoms with van der Waals surface area (Å²) >= 11 is 0. The first-order valence-electron chi connectivity index (χ1n) is 14.8. The van der Waals surface area contributed by atoms with Crippen LogP contribution in [0.15, 0.2) is 35.1 Å². The number of aromatic nitrogens is 1. The number of nitrogens with zero attached hydrogens (tertiary/aromatic N) is 2. The Kier molecular flexibility index (Phi) is 12.2. The van der Waals surface area contributed by atoms with Crippen molar-refractivity contribution in [3.05, 3.63) is 41.8 Å². The average Bonchev–Trinajstić information content (AvgIpc) is 3.49. The van der Waals surface area contributed by atoms with Crippen LogP contribution in [0.3, 0.4) is 0 Å². The second-order valence-electron chi connectivity index (χ2n) is 11.1. The van der Waals surface area contributed by atoms with E-state index in [1.54, 1.807) is 30.0 Å². The minimum absolute atomic E-state index is 0.0914. The van der Waals surface area contributed by atoms with Crippen molar-refractivity contribution in [3.63, 3.8) is 0 Å². The Bertz CT molecular complexity index is 1100. The van der Waals surface area contributed by atoms with Gasteiger partial charge in [-0.25, -0.2) is 4.98 Å². The number of unbranched alkanes of at least 4 members (excludes halogenated alkanes) is 1. The summed E-state index contributed by atoms with van der Waals surface area (Å²) in [6.07, 6.45) is 8.63. The fourth-order valence-electron chi connectivity index (χ4n) is 5.24. The molecular formula is C31H46N4O5. The van der Waals surface area contributed by atoms with Crippen molar-refractivity contribution in [1.29, 1.82) is 0 Å². The molecule has 9 nitrogen and oxygen atoms in total. The van der Waals surface area contributed by atoms with E-state index in [2.05, 4.69) is 29.5 Å². The predicted octanol–water partition coefficient (Wildman–Crippen LogP) is 4.81. The van der Waals surface area contributed by atoms with E-state index in [4.69, 9.17) is 4.42 Å². The topological polar surface area (TPSA) is 125 Å². The van der Waals surface area contributed by atoms with Gasteiger partial charge in [0.25, 0.3) is 11.8 Å². The predicted molar refractivity (Wildman–Crippen MR) is 155 cm³/mol. The summed E-state index contributed by atoms with van der Waals surface area (Å²) in [5, 5.41) is 17.2. The largest absolute Gasteiger partial charge is 0.445 e. The molecule has 0 saturated carbocycles. The zero-order valence-corrected chi connectivity index (χ0v) is 24.4. The fraction of sp³-hybridized carbons (Fsp3) is 0.613. The molecule has 0 aliphatic carbocycles. The van der Waals surface area contributed by atoms with Gasteiger partial charge in [-0.3, -0.25) is 14.4 Å². The van der Waals surface area contributed by atoms with Gasteiger partial charge in [0.1, 0.15) is 6.26 Å². The highest BCUT2D eigenvalue weighted by Gasteiger charge is 2.28. The Labute approximate surface area is 238 Å². The smallest absolute Gasteiger partial charge is 0.253 e. The van der Waals surface area contributed by atoms with E-state index in [0.717, 1.165) is 38.5 Å². The zero-order valence-electron chi connectivity index (χ0n) is 24.4. The second kappa shape index (κ2) is 15.6. The third-order valence-electron chi connectivity index (χ3n) is 7.72. The Morgan fingerprint density at radius 3 is 2.62 bits per heavy atom. The minimum atomic E-state index is -0.902. The van der Waals surface area contributed by atoms with Crippen molar-refractivity contribution in [2.24, 2.45) is 11.8 Å². The van der Waals surface area contributed by atoms with Crippen molar-refractivity contribution >= 4 is 17.7 Å². The molecule has 2 bridgehead atoms. The molecule has 0 saturated heterocycles. The second-order valence-corrected chi connectivity index (χ2v) is 11.1. The minimum Gasteiger partial charge on any atom is -0.445 e. The molecule has 2 unspecified atom stereocenters. The molecule has 3 N–H and O–H groups in total. The number of benzene rings is 1. The van der Waals surface area contributed by atoms with E-state index < -0.39 is 24.0 Å². The van der Waals surface area contributed by atoms with Crippen LogP contribution in [0.25, 0.3) is 11.5 Å². The molecule has 220 valence electrons. The van der Waals surface area contributed by atoms with Crippen molar-refractivity contribution in [2.75, 3.05) is 19.6 Å². The SMILES string of the molecule is CCCCNC(=O)C(C)CC(O)[C@@H]1C[C@H](C)CCCCCN(CC)C(=O)c2cc(cc(-c3ncco3)c2)C(=O)N1. The van der Waals surface area contributed by atoms with Crippen LogP contribution in [0.1, 0.15) is 99.8 Å². The van der Waals surface area contributed by atoms with Gasteiger partial charge in [-0.05, 0) is 56.7 Å². The molecule has 1 aliphatic heterocycles. The van der Waals surface area contributed by atoms with Crippen LogP contribution < -0.4 is 10.6 Å². The van der Waals surface area contributed by atoms with E-state index in [1.807, 2.05) is 6.92 Å². The molecule has 4 atom stereocenters. The molecule has 40 heavy (non-hydrogen) atoms. The molecule has 0 spiro atoms. The van der Waals surface area contributed by atoms with Crippen molar-refractivity contribution < 1.29 is 23.9 Å². The standard InChI is InChI=1S/C31H46N4O5/c1-5-7-12-32-28(37)22(4)17-27(36)26-16-21(3)11-9-8-10-14-35(6-2)31(39)25-19-23(29(38)34-26)18-24(20-25)30-33-13-15-40-30/h13,15,18-22,26-27,36H,5-12,14,16-17H2,1-4H3,(H,32,37)(H,34,38)/t21-,22?,26+,27?/m1/s1. The maximum Gasteiger partial charge on any atom is 0.253 e. The first-order valence-corrected chi connectivity index (χ1v) is 14.8. The summed E-state index contributed by atoms with van der Waals surface area (Å²) in [5.74, 6) is -0.446. The number of amides is 3. The van der Waals surface area contributed by atoms with Crippen LogP contribution in [0.2, 0.25) is 0 Å². The Hall–Kier alpha value is -3.20. The van der Waals surface area contributed by atoms with Crippen LogP contribution in [0.5, 0.6) is 0 Å². The number of nitrogens with one attached hydrogen (secondary N) is 2. The van der Waals surface area contributed by atoms with Gasteiger partial charge in [-0.2, -0.15) is 0 Å². The van der Waals surface area contributed by atoms with Crippen LogP contribution in [0, 0.1) is 11.8 Å². The molecular weight excluding hydrogens is 508 g/mol. The average molecular weight is 555 g/mol. The Morgan fingerprint density at radius 2 is 1.93 bits per heavy atom. The lowest BCUT2D eigenvalue weighted by Crippen LogP contribution is -2.46. The molecule has 0 fully saturated rings. The van der Waals surface area contributed by atoms with E-state index in [9.17, 15) is 19.5 Å². The molecule has 3 rings (SSSR count). The molecule has 0 radical (unpaired) electrons. The molecule has 9 heteroatoms. The maximum atomic E-state index is 13.6. The quantitative estimate of drug-likeness (QED) is 0.382. The van der Waals surface area contributed by atoms with Crippen molar-refractivity contribution in [2.45, 2.75) is 91.2 Å². The van der Waals surface area contributed by atoms with Crippen LogP contribution in [-0.2, 0) is 4.79 Å². The van der Waals surface area contributed by atoms with E-state index in [-0.39, 0.29) is 24.2 Å². The molecule has 2 heterocycles. The van der Waals surface area contributed by atoms with Gasteiger partial charge in [0.05, 0.1) is 18.3 Å². The Morgan fingerprint density at radius 1 is 1.18 bits per heavy atom. The van der Waals surface area contributed by atoms with Crippen LogP contribution in [0.4, 0.5) is 0 Å². The summed E-state index contributed by atoms with van der Waals surface area (Å²) in [6, 6.07) is 4.42. The number of carbonyl (C=O) groups excluding carboxylic acids is 3. The number of rotatable bonds is 9. The number of oxazole rings is 1. The fourth-order valence-corrected chi connectivity index (χ4v) is 5.24. The first-order chi connectivity index (χ1) is 19.2. The number of aliphatic hydroxyl groups excluding tert-OH is 1. The highest BCUT2D eigenvalue weighted by atomic mass is 16.3. The molecule has 1 aliphatic rings. The summed E-state index contributed by atoms with van der Waals surface area (Å²) in [6.45, 7) is 9.79. The van der Waals surface area contributed by atoms with Crippen molar-refractivity contribution in [1.82, 2.24) is 20.5 Å². The lowest BCUT2D eigenvalue weighted by Gasteiger charge is -2.28. The zero-order chi connectivity index (χ0) is 29.1. The van der Waals surface area contributed by atoms with Crippen LogP contribution >= 0.6 is 0 Å². The van der Waals surface area contributed by atoms with E-state index in [0.29, 0.717) is 48.6 Å². The molecule has 2 aromatic rings. The van der Waals surface area contributed by atoms with E-state index in [1.165, 1.54) is 12.5 Å². The third-order valence-corrected chi connectivity index (χ3v) is 7.72. The van der Waals surface area contributed by atoms with E-state index >= 15 is 0 Å². The molecule has 3 amide bonds. The summed E-state index contributed by atoms with van der Waals surface area (Å²) in [4.78, 5) is 45.7. The number of aliphatic hydroxyl groups is 1. The summed E-state index contributed by atoms with van der Waals surface area (Å²) in [7, 11) is 0. The van der Waals surface area contributed by atoms with Gasteiger partial charge in [-0.1, -0.05) is 46.5 Å². The summed E-state index contributed by atoms with van der Waals surface area (Å²) < 4.78 is 5.48. The molecule has 1 aromatic carbocycles. The third kappa shape index (κ3) is 8.91.